The van der Waals surface area contributed by atoms with Crippen molar-refractivity contribution < 1.29 is 9.26 Å². The van der Waals surface area contributed by atoms with E-state index in [0.29, 0.717) is 36.6 Å². The van der Waals surface area contributed by atoms with Crippen molar-refractivity contribution in [3.63, 3.8) is 0 Å². The molecule has 4 rings (SSSR count). The molecular weight excluding hydrogens is 340 g/mol. The maximum Gasteiger partial charge on any atom is 0.241 e. The molecule has 1 aliphatic rings. The molecule has 27 heavy (non-hydrogen) atoms. The zero-order valence-corrected chi connectivity index (χ0v) is 15.4. The quantitative estimate of drug-likeness (QED) is 0.725. The normalized spacial score (nSPS) is 20.1. The zero-order chi connectivity index (χ0) is 18.6. The highest BCUT2D eigenvalue weighted by molar-refractivity contribution is 5.55. The van der Waals surface area contributed by atoms with Crippen molar-refractivity contribution in [2.24, 2.45) is 11.7 Å². The van der Waals surface area contributed by atoms with Crippen molar-refractivity contribution in [2.75, 3.05) is 26.7 Å². The van der Waals surface area contributed by atoms with Crippen LogP contribution in [0.5, 0.6) is 5.75 Å². The second-order valence-corrected chi connectivity index (χ2v) is 6.95. The Kier molecular flexibility index (Phi) is 5.18. The average molecular weight is 364 g/mol. The standard InChI is InChI=1S/C21H24N4O2/c1-26-18-9-7-16(8-10-18)21-23-20(27-24-21)14-25-12-17(11-22)19(13-25)15-5-3-2-4-6-15/h2-10,17,19H,11-14,22H2,1H3/t17-,19+/m1/s1. The molecule has 1 saturated heterocycles. The Morgan fingerprint density at radius 3 is 2.59 bits per heavy atom. The highest BCUT2D eigenvalue weighted by Crippen LogP contribution is 2.32. The third-order valence-corrected chi connectivity index (χ3v) is 5.22. The lowest BCUT2D eigenvalue weighted by Crippen LogP contribution is -2.23. The molecule has 0 unspecified atom stereocenters. The largest absolute Gasteiger partial charge is 0.497 e. The van der Waals surface area contributed by atoms with Crippen LogP contribution in [0, 0.1) is 5.92 Å². The van der Waals surface area contributed by atoms with Crippen molar-refractivity contribution in [2.45, 2.75) is 12.5 Å². The van der Waals surface area contributed by atoms with Crippen LogP contribution in [0.2, 0.25) is 0 Å². The number of hydrogen-bond acceptors (Lipinski definition) is 6. The van der Waals surface area contributed by atoms with Gasteiger partial charge in [0, 0.05) is 24.6 Å². The molecule has 2 aromatic carbocycles. The molecule has 140 valence electrons. The molecule has 2 atom stereocenters. The van der Waals surface area contributed by atoms with Gasteiger partial charge in [0.15, 0.2) is 0 Å². The van der Waals surface area contributed by atoms with E-state index in [0.717, 1.165) is 24.4 Å². The van der Waals surface area contributed by atoms with Gasteiger partial charge < -0.3 is 15.0 Å². The number of aromatic nitrogens is 2. The molecule has 1 aliphatic heterocycles. The van der Waals surface area contributed by atoms with Gasteiger partial charge >= 0.3 is 0 Å². The summed E-state index contributed by atoms with van der Waals surface area (Å²) in [6.45, 7) is 3.21. The van der Waals surface area contributed by atoms with E-state index in [9.17, 15) is 0 Å². The molecule has 3 aromatic rings. The Hall–Kier alpha value is -2.70. The molecule has 1 fully saturated rings. The molecule has 1 aromatic heterocycles. The van der Waals surface area contributed by atoms with Crippen molar-refractivity contribution in [1.29, 1.82) is 0 Å². The lowest BCUT2D eigenvalue weighted by molar-refractivity contribution is 0.260. The van der Waals surface area contributed by atoms with Gasteiger partial charge in [-0.15, -0.1) is 0 Å². The van der Waals surface area contributed by atoms with E-state index in [-0.39, 0.29) is 0 Å². The maximum atomic E-state index is 6.03. The SMILES string of the molecule is COc1ccc(-c2noc(CN3C[C@@H](CN)[C@H](c4ccccc4)C3)n2)cc1. The predicted molar refractivity (Wildman–Crippen MR) is 103 cm³/mol. The summed E-state index contributed by atoms with van der Waals surface area (Å²) in [4.78, 5) is 6.90. The number of likely N-dealkylation sites (tertiary alicyclic amines) is 1. The monoisotopic (exact) mass is 364 g/mol. The van der Waals surface area contributed by atoms with Gasteiger partial charge in [0.2, 0.25) is 11.7 Å². The van der Waals surface area contributed by atoms with Gasteiger partial charge in [-0.25, -0.2) is 0 Å². The first-order chi connectivity index (χ1) is 13.3. The predicted octanol–water partition coefficient (Wildman–Crippen LogP) is 2.92. The van der Waals surface area contributed by atoms with Crippen LogP contribution in [-0.4, -0.2) is 41.8 Å². The molecule has 0 radical (unpaired) electrons. The van der Waals surface area contributed by atoms with Crippen LogP contribution in [0.4, 0.5) is 0 Å². The molecule has 0 spiro atoms. The first-order valence-electron chi connectivity index (χ1n) is 9.21. The summed E-state index contributed by atoms with van der Waals surface area (Å²) >= 11 is 0. The zero-order valence-electron chi connectivity index (χ0n) is 15.4. The topological polar surface area (TPSA) is 77.4 Å². The molecule has 2 N–H and O–H groups in total. The van der Waals surface area contributed by atoms with E-state index in [4.69, 9.17) is 15.0 Å². The van der Waals surface area contributed by atoms with Crippen LogP contribution in [0.25, 0.3) is 11.4 Å². The molecule has 0 bridgehead atoms. The third-order valence-electron chi connectivity index (χ3n) is 5.22. The molecule has 6 nitrogen and oxygen atoms in total. The minimum Gasteiger partial charge on any atom is -0.497 e. The van der Waals surface area contributed by atoms with E-state index in [1.165, 1.54) is 5.56 Å². The van der Waals surface area contributed by atoms with E-state index in [1.807, 2.05) is 30.3 Å². The van der Waals surface area contributed by atoms with Crippen molar-refractivity contribution in [1.82, 2.24) is 15.0 Å². The van der Waals surface area contributed by atoms with Crippen LogP contribution in [0.3, 0.4) is 0 Å². The first-order valence-corrected chi connectivity index (χ1v) is 9.21. The number of methoxy groups -OCH3 is 1. The molecule has 0 saturated carbocycles. The molecule has 2 heterocycles. The van der Waals surface area contributed by atoms with Gasteiger partial charge in [0.25, 0.3) is 0 Å². The third kappa shape index (κ3) is 3.86. The van der Waals surface area contributed by atoms with Crippen LogP contribution >= 0.6 is 0 Å². The minimum atomic E-state index is 0.441. The number of nitrogens with two attached hydrogens (primary N) is 1. The lowest BCUT2D eigenvalue weighted by atomic mass is 9.89. The maximum absolute atomic E-state index is 6.03. The summed E-state index contributed by atoms with van der Waals surface area (Å²) in [7, 11) is 1.65. The van der Waals surface area contributed by atoms with Gasteiger partial charge in [0.1, 0.15) is 5.75 Å². The van der Waals surface area contributed by atoms with E-state index in [1.54, 1.807) is 7.11 Å². The lowest BCUT2D eigenvalue weighted by Gasteiger charge is -2.16. The average Bonchev–Trinajstić information content (AvgIpc) is 3.36. The van der Waals surface area contributed by atoms with Crippen molar-refractivity contribution in [3.8, 4) is 17.1 Å². The highest BCUT2D eigenvalue weighted by atomic mass is 16.5. The fourth-order valence-electron chi connectivity index (χ4n) is 3.77. The second-order valence-electron chi connectivity index (χ2n) is 6.95. The van der Waals surface area contributed by atoms with Gasteiger partial charge in [0.05, 0.1) is 13.7 Å². The number of benzene rings is 2. The summed E-state index contributed by atoms with van der Waals surface area (Å²) in [6.07, 6.45) is 0. The Balaban J connectivity index is 1.44. The van der Waals surface area contributed by atoms with Gasteiger partial charge in [-0.1, -0.05) is 35.5 Å². The fraction of sp³-hybridized carbons (Fsp3) is 0.333. The van der Waals surface area contributed by atoms with Gasteiger partial charge in [-0.3, -0.25) is 4.90 Å². The van der Waals surface area contributed by atoms with E-state index in [2.05, 4.69) is 39.3 Å². The van der Waals surface area contributed by atoms with Crippen LogP contribution in [0.15, 0.2) is 59.1 Å². The van der Waals surface area contributed by atoms with Gasteiger partial charge in [-0.05, 0) is 42.3 Å². The Morgan fingerprint density at radius 1 is 1.11 bits per heavy atom. The van der Waals surface area contributed by atoms with Crippen LogP contribution < -0.4 is 10.5 Å². The second kappa shape index (κ2) is 7.90. The summed E-state index contributed by atoms with van der Waals surface area (Å²) < 4.78 is 10.7. The smallest absolute Gasteiger partial charge is 0.241 e. The molecule has 6 heteroatoms. The summed E-state index contributed by atoms with van der Waals surface area (Å²) in [5, 5.41) is 4.12. The molecule has 0 aliphatic carbocycles. The summed E-state index contributed by atoms with van der Waals surface area (Å²) in [5.41, 5.74) is 8.29. The van der Waals surface area contributed by atoms with Crippen molar-refractivity contribution >= 4 is 0 Å². The number of nitrogens with zero attached hydrogens (tertiary/aromatic N) is 3. The number of ether oxygens (including phenoxy) is 1. The number of rotatable bonds is 6. The molecule has 0 amide bonds. The Morgan fingerprint density at radius 2 is 1.89 bits per heavy atom. The summed E-state index contributed by atoms with van der Waals surface area (Å²) in [6, 6.07) is 18.2. The van der Waals surface area contributed by atoms with Crippen molar-refractivity contribution in [3.05, 3.63) is 66.1 Å². The van der Waals surface area contributed by atoms with E-state index < -0.39 is 0 Å². The van der Waals surface area contributed by atoms with Gasteiger partial charge in [-0.2, -0.15) is 4.98 Å². The van der Waals surface area contributed by atoms with Crippen LogP contribution in [0.1, 0.15) is 17.4 Å². The highest BCUT2D eigenvalue weighted by Gasteiger charge is 2.33. The minimum absolute atomic E-state index is 0.441. The number of hydrogen-bond donors (Lipinski definition) is 1. The Bertz CT molecular complexity index is 863. The van der Waals surface area contributed by atoms with Crippen LogP contribution in [-0.2, 0) is 6.54 Å². The Labute approximate surface area is 158 Å². The fourth-order valence-corrected chi connectivity index (χ4v) is 3.77. The molecular formula is C21H24N4O2. The first kappa shape index (κ1) is 17.7. The summed E-state index contributed by atoms with van der Waals surface area (Å²) in [5.74, 6) is 2.92. The van der Waals surface area contributed by atoms with E-state index >= 15 is 0 Å².